The van der Waals surface area contributed by atoms with E-state index < -0.39 is 151 Å². The van der Waals surface area contributed by atoms with Crippen LogP contribution in [0.1, 0.15) is 55.4 Å². The summed E-state index contributed by atoms with van der Waals surface area (Å²) >= 11 is 1.48. The fourth-order valence-corrected chi connectivity index (χ4v) is 8.74. The van der Waals surface area contributed by atoms with Gasteiger partial charge in [-0.25, -0.2) is 0 Å². The number of thiocyanates is 1. The molecule has 0 amide bonds. The number of rotatable bonds is 17. The molecule has 61 heavy (non-hydrogen) atoms. The van der Waals surface area contributed by atoms with E-state index >= 15 is 0 Å². The molecule has 0 saturated carbocycles. The van der Waals surface area contributed by atoms with Gasteiger partial charge in [0.2, 0.25) is 0 Å². The Kier molecular flexibility index (Phi) is 19.9. The maximum Gasteiger partial charge on any atom is 0.303 e. The van der Waals surface area contributed by atoms with Crippen molar-refractivity contribution in [3.8, 4) is 5.40 Å². The Balaban J connectivity index is 2.16. The van der Waals surface area contributed by atoms with Crippen LogP contribution >= 0.6 is 23.5 Å². The van der Waals surface area contributed by atoms with Gasteiger partial charge in [0.1, 0.15) is 42.4 Å². The molecule has 3 aliphatic rings. The number of carbonyl (C=O) groups excluding carboxylic acids is 8. The van der Waals surface area contributed by atoms with E-state index in [-0.39, 0.29) is 5.75 Å². The fraction of sp³-hybridized carbons (Fsp3) is 0.750. The first-order valence-electron chi connectivity index (χ1n) is 18.5. The first kappa shape index (κ1) is 51.1. The highest BCUT2D eigenvalue weighted by atomic mass is 32.2. The molecule has 3 fully saturated rings. The average molecular weight is 912 g/mol. The van der Waals surface area contributed by atoms with E-state index in [2.05, 4.69) is 0 Å². The molecule has 0 aromatic heterocycles. The lowest BCUT2D eigenvalue weighted by molar-refractivity contribution is -0.352. The zero-order valence-corrected chi connectivity index (χ0v) is 36.2. The van der Waals surface area contributed by atoms with Crippen LogP contribution in [0, 0.1) is 10.7 Å². The van der Waals surface area contributed by atoms with Gasteiger partial charge in [-0.3, -0.25) is 38.4 Å². The number of nitrogens with zero attached hydrogens (tertiary/aromatic N) is 1. The molecule has 23 nitrogen and oxygen atoms in total. The van der Waals surface area contributed by atoms with E-state index in [9.17, 15) is 48.7 Å². The van der Waals surface area contributed by atoms with Gasteiger partial charge in [-0.05, 0) is 11.8 Å². The van der Waals surface area contributed by atoms with Gasteiger partial charge in [-0.15, -0.1) is 11.8 Å². The summed E-state index contributed by atoms with van der Waals surface area (Å²) in [6, 6.07) is 0. The molecule has 1 N–H and O–H groups in total. The fourth-order valence-electron chi connectivity index (χ4n) is 6.56. The smallest absolute Gasteiger partial charge is 0.303 e. The highest BCUT2D eigenvalue weighted by molar-refractivity contribution is 8.04. The van der Waals surface area contributed by atoms with Crippen molar-refractivity contribution < 1.29 is 105 Å². The summed E-state index contributed by atoms with van der Waals surface area (Å²) in [4.78, 5) is 98.1. The number of aliphatic hydroxyl groups is 1. The Morgan fingerprint density at radius 2 is 0.951 bits per heavy atom. The molecule has 342 valence electrons. The molecule has 0 bridgehead atoms. The molecule has 0 aromatic rings. The molecule has 0 radical (unpaired) electrons. The summed E-state index contributed by atoms with van der Waals surface area (Å²) in [5.41, 5.74) is -1.44. The van der Waals surface area contributed by atoms with E-state index in [1.165, 1.54) is 7.11 Å². The number of methoxy groups -OCH3 is 1. The van der Waals surface area contributed by atoms with Crippen molar-refractivity contribution >= 4 is 71.3 Å². The Morgan fingerprint density at radius 1 is 0.541 bits per heavy atom. The Labute approximate surface area is 358 Å². The summed E-state index contributed by atoms with van der Waals surface area (Å²) in [7, 11) is 1.20. The van der Waals surface area contributed by atoms with Crippen molar-refractivity contribution in [3.05, 3.63) is 0 Å². The molecular weight excluding hydrogens is 863 g/mol. The predicted octanol–water partition coefficient (Wildman–Crippen LogP) is -0.414. The molecule has 15 atom stereocenters. The number of hydrogen-bond donors (Lipinski definition) is 1. The Bertz CT molecular complexity index is 1640. The van der Waals surface area contributed by atoms with E-state index in [1.807, 2.05) is 5.40 Å². The largest absolute Gasteiger partial charge is 0.463 e. The molecule has 0 aliphatic carbocycles. The van der Waals surface area contributed by atoms with Gasteiger partial charge >= 0.3 is 47.8 Å². The summed E-state index contributed by atoms with van der Waals surface area (Å²) in [6.07, 6.45) is -20.1. The monoisotopic (exact) mass is 911 g/mol. The lowest BCUT2D eigenvalue weighted by atomic mass is 9.97. The van der Waals surface area contributed by atoms with Gasteiger partial charge in [0.05, 0.1) is 17.5 Å². The highest BCUT2D eigenvalue weighted by Crippen LogP contribution is 2.43. The second-order valence-corrected chi connectivity index (χ2v) is 15.6. The number of carbonyl (C=O) groups is 8. The van der Waals surface area contributed by atoms with Gasteiger partial charge in [0.15, 0.2) is 49.2 Å². The third-order valence-electron chi connectivity index (χ3n) is 8.64. The molecule has 3 heterocycles. The third kappa shape index (κ3) is 14.9. The minimum absolute atomic E-state index is 0.123. The van der Waals surface area contributed by atoms with Crippen molar-refractivity contribution in [2.45, 2.75) is 146 Å². The summed E-state index contributed by atoms with van der Waals surface area (Å²) in [5.74, 6) is -7.01. The maximum absolute atomic E-state index is 12.5. The number of aliphatic hydroxyl groups excluding tert-OH is 1. The van der Waals surface area contributed by atoms with E-state index in [4.69, 9.17) is 61.6 Å². The molecule has 3 rings (SSSR count). The lowest BCUT2D eigenvalue weighted by Gasteiger charge is -2.49. The molecule has 3 saturated heterocycles. The first-order valence-corrected chi connectivity index (χ1v) is 20.4. The second kappa shape index (κ2) is 23.8. The third-order valence-corrected chi connectivity index (χ3v) is 10.8. The zero-order chi connectivity index (χ0) is 45.7. The van der Waals surface area contributed by atoms with E-state index in [1.54, 1.807) is 0 Å². The number of ether oxygens (including phenoxy) is 13. The van der Waals surface area contributed by atoms with Crippen molar-refractivity contribution in [1.29, 1.82) is 5.26 Å². The van der Waals surface area contributed by atoms with Crippen LogP contribution in [-0.4, -0.2) is 169 Å². The van der Waals surface area contributed by atoms with Crippen LogP contribution in [0.2, 0.25) is 0 Å². The van der Waals surface area contributed by atoms with Crippen LogP contribution in [0.25, 0.3) is 0 Å². The van der Waals surface area contributed by atoms with Gasteiger partial charge in [-0.1, -0.05) is 0 Å². The SMILES string of the molecule is CO[C@H]1O[C@H](CSC#N)[C@H](S[C@@H]2O[C@H](COC(C)=O)[C@@H](OC(C)=O)[C@H](OC(C)=O)[C@H]2OC(C)=O)[C@H](O)[C@H]1O[C@@H]1O[C@H](COC(C)=O)[C@@H](OC(C)=O)[C@H](OC(C)=O)[C@H]1OC(C)=O. The second-order valence-electron chi connectivity index (χ2n) is 13.5. The van der Waals surface area contributed by atoms with Crippen LogP contribution in [0.5, 0.6) is 0 Å². The van der Waals surface area contributed by atoms with Gasteiger partial charge in [0.25, 0.3) is 0 Å². The van der Waals surface area contributed by atoms with Crippen molar-refractivity contribution in [3.63, 3.8) is 0 Å². The van der Waals surface area contributed by atoms with Crippen molar-refractivity contribution in [2.75, 3.05) is 26.1 Å². The zero-order valence-electron chi connectivity index (χ0n) is 34.6. The molecule has 3 aliphatic heterocycles. The number of esters is 8. The van der Waals surface area contributed by atoms with Crippen LogP contribution in [0.15, 0.2) is 0 Å². The minimum Gasteiger partial charge on any atom is -0.463 e. The number of thioether (sulfide) groups is 2. The van der Waals surface area contributed by atoms with Crippen LogP contribution in [0.3, 0.4) is 0 Å². The lowest BCUT2D eigenvalue weighted by Crippen LogP contribution is -2.66. The molecule has 25 heteroatoms. The van der Waals surface area contributed by atoms with Crippen molar-refractivity contribution in [1.82, 2.24) is 0 Å². The number of hydrogen-bond acceptors (Lipinski definition) is 25. The maximum atomic E-state index is 12.5. The first-order chi connectivity index (χ1) is 28.7. The predicted molar refractivity (Wildman–Crippen MR) is 200 cm³/mol. The average Bonchev–Trinajstić information content (AvgIpc) is 3.14. The molecular formula is C36H49NO22S2. The van der Waals surface area contributed by atoms with Crippen molar-refractivity contribution in [2.24, 2.45) is 0 Å². The quantitative estimate of drug-likeness (QED) is 0.110. The number of nitriles is 1. The highest BCUT2D eigenvalue weighted by Gasteiger charge is 2.58. The van der Waals surface area contributed by atoms with Gasteiger partial charge in [-0.2, -0.15) is 5.26 Å². The van der Waals surface area contributed by atoms with E-state index in [0.29, 0.717) is 0 Å². The van der Waals surface area contributed by atoms with Crippen LogP contribution in [-0.2, 0) is 99.9 Å². The molecule has 0 aromatic carbocycles. The van der Waals surface area contributed by atoms with Crippen LogP contribution < -0.4 is 0 Å². The van der Waals surface area contributed by atoms with Gasteiger partial charge in [0, 0.05) is 68.3 Å². The topological polar surface area (TPSA) is 301 Å². The Hall–Kier alpha value is -4.29. The van der Waals surface area contributed by atoms with Gasteiger partial charge < -0.3 is 66.7 Å². The summed E-state index contributed by atoms with van der Waals surface area (Å²) < 4.78 is 73.6. The Morgan fingerprint density at radius 3 is 1.39 bits per heavy atom. The summed E-state index contributed by atoms with van der Waals surface area (Å²) in [5, 5.41) is 22.4. The van der Waals surface area contributed by atoms with E-state index in [0.717, 1.165) is 78.9 Å². The summed E-state index contributed by atoms with van der Waals surface area (Å²) in [6.45, 7) is 7.28. The molecule has 0 unspecified atom stereocenters. The molecule has 0 spiro atoms. The van der Waals surface area contributed by atoms with Crippen LogP contribution in [0.4, 0.5) is 0 Å². The minimum atomic E-state index is -1.82. The normalized spacial score (nSPS) is 33.4. The standard InChI is InChI=1S/C36H49NO22S2/c1-14(38)48-10-22-26(50-16(3)40)29(52-18(5)42)31(54-20(7)44)35(56-22)59-28-25(46)33(24(12-60-13-37)57-34(28)47-9)61-36-32(55-21(8)45)30(53-19(6)43)27(51-17(4)41)23(58-36)11-49-15(2)39/h22-36,46H,10-12H2,1-9H3/t22-,23-,24-,25-,26-,27-,28-,29+,30+,31-,32-,33+,34+,35+,36+/m1/s1.